The molecule has 0 saturated heterocycles. The third-order valence-corrected chi connectivity index (χ3v) is 2.72. The van der Waals surface area contributed by atoms with Gasteiger partial charge in [0.05, 0.1) is 5.76 Å². The van der Waals surface area contributed by atoms with Crippen LogP contribution in [0.3, 0.4) is 0 Å². The van der Waals surface area contributed by atoms with Crippen molar-refractivity contribution in [3.63, 3.8) is 0 Å². The number of aliphatic hydroxyl groups excluding tert-OH is 1. The van der Waals surface area contributed by atoms with E-state index in [1.807, 2.05) is 6.08 Å². The summed E-state index contributed by atoms with van der Waals surface area (Å²) in [5.74, 6) is 1.80. The first-order valence-corrected chi connectivity index (χ1v) is 6.07. The molecule has 0 aromatic carbocycles. The lowest BCUT2D eigenvalue weighted by Gasteiger charge is -2.19. The van der Waals surface area contributed by atoms with Crippen LogP contribution in [0.2, 0.25) is 0 Å². The van der Waals surface area contributed by atoms with Crippen molar-refractivity contribution < 1.29 is 5.11 Å². The van der Waals surface area contributed by atoms with Crippen LogP contribution in [0.4, 0.5) is 0 Å². The van der Waals surface area contributed by atoms with E-state index in [0.29, 0.717) is 11.7 Å². The lowest BCUT2D eigenvalue weighted by molar-refractivity contribution is 0.413. The van der Waals surface area contributed by atoms with Gasteiger partial charge in [0, 0.05) is 0 Å². The maximum absolute atomic E-state index is 9.15. The monoisotopic (exact) mass is 210 g/mol. The molecular weight excluding hydrogens is 184 g/mol. The summed E-state index contributed by atoms with van der Waals surface area (Å²) in [6.07, 6.45) is 7.41. The zero-order valence-electron chi connectivity index (χ0n) is 10.9. The first-order valence-electron chi connectivity index (χ1n) is 6.07. The van der Waals surface area contributed by atoms with Gasteiger partial charge < -0.3 is 5.11 Å². The van der Waals surface area contributed by atoms with Crippen molar-refractivity contribution in [3.05, 3.63) is 23.5 Å². The minimum Gasteiger partial charge on any atom is -0.513 e. The van der Waals surface area contributed by atoms with Crippen molar-refractivity contribution in [2.24, 2.45) is 11.8 Å². The van der Waals surface area contributed by atoms with E-state index in [1.54, 1.807) is 6.92 Å². The third-order valence-electron chi connectivity index (χ3n) is 2.72. The first kappa shape index (κ1) is 14.3. The number of rotatable bonds is 6. The van der Waals surface area contributed by atoms with Crippen molar-refractivity contribution >= 4 is 0 Å². The van der Waals surface area contributed by atoms with Crippen LogP contribution >= 0.6 is 0 Å². The molecule has 88 valence electrons. The van der Waals surface area contributed by atoms with Crippen LogP contribution in [-0.2, 0) is 0 Å². The van der Waals surface area contributed by atoms with Crippen LogP contribution in [0.1, 0.15) is 53.9 Å². The Morgan fingerprint density at radius 2 is 1.80 bits per heavy atom. The molecule has 15 heavy (non-hydrogen) atoms. The predicted octanol–water partition coefficient (Wildman–Crippen LogP) is 4.86. The molecule has 0 heterocycles. The molecule has 1 heteroatoms. The highest BCUT2D eigenvalue weighted by atomic mass is 16.3. The van der Waals surface area contributed by atoms with Gasteiger partial charge in [-0.1, -0.05) is 39.3 Å². The van der Waals surface area contributed by atoms with Gasteiger partial charge in [0.15, 0.2) is 0 Å². The van der Waals surface area contributed by atoms with Crippen molar-refractivity contribution in [1.29, 1.82) is 0 Å². The highest BCUT2D eigenvalue weighted by Gasteiger charge is 2.11. The van der Waals surface area contributed by atoms with E-state index in [2.05, 4.69) is 33.8 Å². The summed E-state index contributed by atoms with van der Waals surface area (Å²) < 4.78 is 0. The van der Waals surface area contributed by atoms with E-state index < -0.39 is 0 Å². The molecule has 0 fully saturated rings. The average Bonchev–Trinajstić information content (AvgIpc) is 2.15. The largest absolute Gasteiger partial charge is 0.513 e. The van der Waals surface area contributed by atoms with Crippen LogP contribution in [0.15, 0.2) is 23.5 Å². The van der Waals surface area contributed by atoms with Gasteiger partial charge in [0.1, 0.15) is 0 Å². The smallest absolute Gasteiger partial charge is 0.0891 e. The quantitative estimate of drug-likeness (QED) is 0.490. The fourth-order valence-corrected chi connectivity index (χ4v) is 1.92. The van der Waals surface area contributed by atoms with Crippen LogP contribution in [-0.4, -0.2) is 5.11 Å². The standard InChI is InChI=1S/C14H26O/c1-6-13(9-8-12(5)15)14(7-2)10-11(3)4/h8-9,11,14-15H,6-7,10H2,1-5H3/b12-8+,13-9+. The van der Waals surface area contributed by atoms with Crippen LogP contribution in [0.25, 0.3) is 0 Å². The van der Waals surface area contributed by atoms with E-state index in [1.165, 1.54) is 18.4 Å². The first-order chi connectivity index (χ1) is 7.01. The molecule has 0 radical (unpaired) electrons. The second-order valence-corrected chi connectivity index (χ2v) is 4.64. The molecule has 0 aliphatic heterocycles. The topological polar surface area (TPSA) is 20.2 Å². The summed E-state index contributed by atoms with van der Waals surface area (Å²) in [5.41, 5.74) is 1.46. The number of hydrogen-bond donors (Lipinski definition) is 1. The van der Waals surface area contributed by atoms with Crippen molar-refractivity contribution in [3.8, 4) is 0 Å². The van der Waals surface area contributed by atoms with Crippen LogP contribution in [0.5, 0.6) is 0 Å². The Hall–Kier alpha value is -0.720. The maximum atomic E-state index is 9.15. The van der Waals surface area contributed by atoms with Gasteiger partial charge in [-0.15, -0.1) is 0 Å². The molecule has 0 aromatic heterocycles. The van der Waals surface area contributed by atoms with E-state index in [0.717, 1.165) is 12.3 Å². The van der Waals surface area contributed by atoms with Crippen molar-refractivity contribution in [2.75, 3.05) is 0 Å². The molecule has 0 spiro atoms. The van der Waals surface area contributed by atoms with E-state index >= 15 is 0 Å². The molecule has 1 unspecified atom stereocenters. The van der Waals surface area contributed by atoms with Gasteiger partial charge in [-0.2, -0.15) is 0 Å². The summed E-state index contributed by atoms with van der Waals surface area (Å²) in [7, 11) is 0. The fraction of sp³-hybridized carbons (Fsp3) is 0.714. The second-order valence-electron chi connectivity index (χ2n) is 4.64. The molecule has 0 saturated carbocycles. The van der Waals surface area contributed by atoms with Crippen molar-refractivity contribution in [1.82, 2.24) is 0 Å². The third kappa shape index (κ3) is 6.38. The van der Waals surface area contributed by atoms with Gasteiger partial charge in [0.2, 0.25) is 0 Å². The lowest BCUT2D eigenvalue weighted by Crippen LogP contribution is -2.06. The molecule has 0 aliphatic carbocycles. The zero-order valence-corrected chi connectivity index (χ0v) is 10.9. The molecule has 0 rings (SSSR count). The summed E-state index contributed by atoms with van der Waals surface area (Å²) >= 11 is 0. The highest BCUT2D eigenvalue weighted by Crippen LogP contribution is 2.25. The summed E-state index contributed by atoms with van der Waals surface area (Å²) in [4.78, 5) is 0. The molecule has 0 bridgehead atoms. The van der Waals surface area contributed by atoms with E-state index in [-0.39, 0.29) is 0 Å². The van der Waals surface area contributed by atoms with Crippen molar-refractivity contribution in [2.45, 2.75) is 53.9 Å². The zero-order chi connectivity index (χ0) is 11.8. The SMILES string of the molecule is CC/C(=C\C=C(/C)O)C(CC)CC(C)C. The molecule has 0 amide bonds. The Morgan fingerprint density at radius 1 is 1.20 bits per heavy atom. The summed E-state index contributed by atoms with van der Waals surface area (Å²) in [6, 6.07) is 0. The minimum atomic E-state index is 0.389. The molecule has 1 N–H and O–H groups in total. The number of aliphatic hydroxyl groups is 1. The minimum absolute atomic E-state index is 0.389. The molecule has 1 nitrogen and oxygen atoms in total. The Bertz CT molecular complexity index is 219. The summed E-state index contributed by atoms with van der Waals surface area (Å²) in [6.45, 7) is 10.7. The molecule has 0 aromatic rings. The molecular formula is C14H26O. The number of hydrogen-bond acceptors (Lipinski definition) is 1. The lowest BCUT2D eigenvalue weighted by atomic mass is 9.86. The summed E-state index contributed by atoms with van der Waals surface area (Å²) in [5, 5.41) is 9.15. The normalized spacial score (nSPS) is 15.9. The van der Waals surface area contributed by atoms with Gasteiger partial charge in [-0.05, 0) is 44.1 Å². The Labute approximate surface area is 94.9 Å². The highest BCUT2D eigenvalue weighted by molar-refractivity contribution is 5.16. The van der Waals surface area contributed by atoms with Gasteiger partial charge in [-0.3, -0.25) is 0 Å². The fourth-order valence-electron chi connectivity index (χ4n) is 1.92. The van der Waals surface area contributed by atoms with Crippen LogP contribution < -0.4 is 0 Å². The average molecular weight is 210 g/mol. The Balaban J connectivity index is 4.60. The van der Waals surface area contributed by atoms with Crippen LogP contribution in [0, 0.1) is 11.8 Å². The predicted molar refractivity (Wildman–Crippen MR) is 68.0 cm³/mol. The molecule has 0 aliphatic rings. The van der Waals surface area contributed by atoms with Gasteiger partial charge in [-0.25, -0.2) is 0 Å². The Morgan fingerprint density at radius 3 is 2.13 bits per heavy atom. The van der Waals surface area contributed by atoms with Gasteiger partial charge >= 0.3 is 0 Å². The van der Waals surface area contributed by atoms with Gasteiger partial charge in [0.25, 0.3) is 0 Å². The maximum Gasteiger partial charge on any atom is 0.0891 e. The molecule has 1 atom stereocenters. The number of allylic oxidation sites excluding steroid dienone is 4. The van der Waals surface area contributed by atoms with E-state index in [9.17, 15) is 0 Å². The second kappa shape index (κ2) is 7.56. The van der Waals surface area contributed by atoms with E-state index in [4.69, 9.17) is 5.11 Å². The Kier molecular flexibility index (Phi) is 7.19.